The van der Waals surface area contributed by atoms with E-state index in [-0.39, 0.29) is 23.9 Å². The van der Waals surface area contributed by atoms with Gasteiger partial charge in [-0.3, -0.25) is 4.79 Å². The topological polar surface area (TPSA) is 68.4 Å². The van der Waals surface area contributed by atoms with E-state index in [4.69, 9.17) is 0 Å². The maximum Gasteiger partial charge on any atom is 0.253 e. The van der Waals surface area contributed by atoms with Crippen LogP contribution in [0.2, 0.25) is 0 Å². The molecule has 5 nitrogen and oxygen atoms in total. The molecule has 0 unspecified atom stereocenters. The van der Waals surface area contributed by atoms with Gasteiger partial charge in [0.05, 0.1) is 17.7 Å². The van der Waals surface area contributed by atoms with Crippen LogP contribution in [0.3, 0.4) is 0 Å². The van der Waals surface area contributed by atoms with Crippen molar-refractivity contribution in [1.82, 2.24) is 10.3 Å². The number of aliphatic hydroxyl groups is 1. The number of carbonyl (C=O) groups excluding carboxylic acids is 1. The number of anilines is 1. The summed E-state index contributed by atoms with van der Waals surface area (Å²) in [7, 11) is 0. The van der Waals surface area contributed by atoms with Gasteiger partial charge >= 0.3 is 0 Å². The molecule has 1 atom stereocenters. The highest BCUT2D eigenvalue weighted by Crippen LogP contribution is 2.30. The summed E-state index contributed by atoms with van der Waals surface area (Å²) < 4.78 is 13.8. The second-order valence-electron chi connectivity index (χ2n) is 6.63. The smallest absolute Gasteiger partial charge is 0.253 e. The number of benzene rings is 1. The van der Waals surface area contributed by atoms with Crippen molar-refractivity contribution in [2.75, 3.05) is 18.0 Å². The fourth-order valence-corrected chi connectivity index (χ4v) is 3.32. The predicted octanol–water partition coefficient (Wildman–Crippen LogP) is 2.91. The molecule has 0 spiro atoms. The van der Waals surface area contributed by atoms with Crippen LogP contribution >= 0.6 is 0 Å². The molecule has 0 bridgehead atoms. The van der Waals surface area contributed by atoms with Gasteiger partial charge in [0.15, 0.2) is 0 Å². The molecule has 1 aliphatic heterocycles. The Balaban J connectivity index is 1.81. The number of aryl methyl sites for hydroxylation is 1. The molecule has 25 heavy (non-hydrogen) atoms. The zero-order valence-corrected chi connectivity index (χ0v) is 14.6. The molecule has 0 radical (unpaired) electrons. The number of H-pyrrole nitrogens is 1. The number of aromatic nitrogens is 1. The van der Waals surface area contributed by atoms with Crippen molar-refractivity contribution in [2.24, 2.45) is 0 Å². The van der Waals surface area contributed by atoms with E-state index in [1.165, 1.54) is 12.1 Å². The quantitative estimate of drug-likeness (QED) is 0.798. The molecule has 3 N–H and O–H groups in total. The van der Waals surface area contributed by atoms with E-state index in [2.05, 4.69) is 15.2 Å². The van der Waals surface area contributed by atoms with E-state index < -0.39 is 0 Å². The van der Waals surface area contributed by atoms with Gasteiger partial charge in [0, 0.05) is 36.2 Å². The summed E-state index contributed by atoms with van der Waals surface area (Å²) >= 11 is 0. The van der Waals surface area contributed by atoms with Gasteiger partial charge in [-0.25, -0.2) is 4.39 Å². The largest absolute Gasteiger partial charge is 0.393 e. The number of carbonyl (C=O) groups is 1. The van der Waals surface area contributed by atoms with Crippen LogP contribution in [0.15, 0.2) is 30.5 Å². The van der Waals surface area contributed by atoms with E-state index in [1.807, 2.05) is 13.8 Å². The Kier molecular flexibility index (Phi) is 5.08. The number of nitrogens with zero attached hydrogens (tertiary/aromatic N) is 1. The van der Waals surface area contributed by atoms with E-state index in [0.29, 0.717) is 18.4 Å². The minimum absolute atomic E-state index is 0.185. The molecule has 1 saturated heterocycles. The van der Waals surface area contributed by atoms with Crippen LogP contribution < -0.4 is 10.2 Å². The number of rotatable bonds is 4. The number of hydrogen-bond donors (Lipinski definition) is 3. The van der Waals surface area contributed by atoms with Crippen LogP contribution in [0.4, 0.5) is 10.1 Å². The normalized spacial score (nSPS) is 16.7. The lowest BCUT2D eigenvalue weighted by atomic mass is 10.0. The Bertz CT molecular complexity index is 751. The van der Waals surface area contributed by atoms with Crippen molar-refractivity contribution in [3.8, 4) is 0 Å². The second-order valence-corrected chi connectivity index (χ2v) is 6.63. The second kappa shape index (κ2) is 7.27. The molecule has 134 valence electrons. The number of hydrogen-bond acceptors (Lipinski definition) is 3. The molecule has 0 saturated carbocycles. The van der Waals surface area contributed by atoms with Gasteiger partial charge in [0.1, 0.15) is 5.82 Å². The molecule has 2 aromatic rings. The van der Waals surface area contributed by atoms with Crippen molar-refractivity contribution in [3.05, 3.63) is 53.1 Å². The van der Waals surface area contributed by atoms with Gasteiger partial charge < -0.3 is 20.3 Å². The Morgan fingerprint density at radius 1 is 1.36 bits per heavy atom. The van der Waals surface area contributed by atoms with Crippen molar-refractivity contribution in [2.45, 2.75) is 38.8 Å². The van der Waals surface area contributed by atoms with Gasteiger partial charge in [-0.15, -0.1) is 0 Å². The van der Waals surface area contributed by atoms with Crippen molar-refractivity contribution in [1.29, 1.82) is 0 Å². The minimum Gasteiger partial charge on any atom is -0.393 e. The maximum atomic E-state index is 13.8. The van der Waals surface area contributed by atoms with E-state index in [1.54, 1.807) is 18.3 Å². The third-order valence-corrected chi connectivity index (χ3v) is 4.81. The monoisotopic (exact) mass is 345 g/mol. The summed E-state index contributed by atoms with van der Waals surface area (Å²) in [5.41, 5.74) is 3.05. The molecule has 1 aromatic carbocycles. The van der Waals surface area contributed by atoms with Crippen LogP contribution in [0.25, 0.3) is 0 Å². The number of halogens is 1. The molecule has 1 amide bonds. The Hall–Kier alpha value is -2.34. The van der Waals surface area contributed by atoms with Crippen LogP contribution in [0.5, 0.6) is 0 Å². The summed E-state index contributed by atoms with van der Waals surface area (Å²) in [6, 6.07) is 6.08. The van der Waals surface area contributed by atoms with Crippen LogP contribution in [0, 0.1) is 12.7 Å². The first-order valence-electron chi connectivity index (χ1n) is 8.63. The number of amides is 1. The van der Waals surface area contributed by atoms with Gasteiger partial charge in [-0.2, -0.15) is 0 Å². The first-order valence-corrected chi connectivity index (χ1v) is 8.63. The average molecular weight is 345 g/mol. The van der Waals surface area contributed by atoms with Gasteiger partial charge in [0.2, 0.25) is 0 Å². The minimum atomic E-state index is -0.334. The molecule has 3 rings (SSSR count). The average Bonchev–Trinajstić information content (AvgIpc) is 3.02. The molecule has 1 aliphatic rings. The van der Waals surface area contributed by atoms with Crippen molar-refractivity contribution >= 4 is 11.6 Å². The van der Waals surface area contributed by atoms with E-state index >= 15 is 0 Å². The van der Waals surface area contributed by atoms with Gasteiger partial charge in [-0.1, -0.05) is 0 Å². The first-order chi connectivity index (χ1) is 12.0. The van der Waals surface area contributed by atoms with Crippen molar-refractivity contribution in [3.63, 3.8) is 0 Å². The summed E-state index contributed by atoms with van der Waals surface area (Å²) in [5.74, 6) is -0.509. The summed E-state index contributed by atoms with van der Waals surface area (Å²) in [6.45, 7) is 5.14. The van der Waals surface area contributed by atoms with Crippen LogP contribution in [-0.2, 0) is 0 Å². The zero-order valence-electron chi connectivity index (χ0n) is 14.6. The molecular weight excluding hydrogens is 321 g/mol. The highest BCUT2D eigenvalue weighted by molar-refractivity contribution is 5.95. The maximum absolute atomic E-state index is 13.8. The molecule has 0 aliphatic carbocycles. The predicted molar refractivity (Wildman–Crippen MR) is 95.3 cm³/mol. The Morgan fingerprint density at radius 3 is 2.72 bits per heavy atom. The summed E-state index contributed by atoms with van der Waals surface area (Å²) in [6.07, 6.45) is 2.84. The van der Waals surface area contributed by atoms with Crippen LogP contribution in [0.1, 0.15) is 47.4 Å². The standard InChI is InChI=1S/C19H24FN3O2/c1-12-16(5-8-21-12)19(25)22-13(2)17-11-14(20)3-4-18(17)23-9-6-15(24)7-10-23/h3-5,8,11,13,15,21,24H,6-7,9-10H2,1-2H3,(H,22,25)/t13-/m0/s1. The molecule has 2 heterocycles. The fraction of sp³-hybridized carbons (Fsp3) is 0.421. The van der Waals surface area contributed by atoms with Crippen LogP contribution in [-0.4, -0.2) is 35.2 Å². The number of piperidine rings is 1. The molecular formula is C19H24FN3O2. The first kappa shape index (κ1) is 17.5. The summed E-state index contributed by atoms with van der Waals surface area (Å²) in [5, 5.41) is 12.7. The van der Waals surface area contributed by atoms with Gasteiger partial charge in [0.25, 0.3) is 5.91 Å². The molecule has 1 fully saturated rings. The Labute approximate surface area is 146 Å². The summed E-state index contributed by atoms with van der Waals surface area (Å²) in [4.78, 5) is 17.6. The number of aliphatic hydroxyl groups excluding tert-OH is 1. The lowest BCUT2D eigenvalue weighted by molar-refractivity contribution is 0.0939. The molecule has 1 aromatic heterocycles. The number of nitrogens with one attached hydrogen (secondary N) is 2. The zero-order chi connectivity index (χ0) is 18.0. The van der Waals surface area contributed by atoms with Gasteiger partial charge in [-0.05, 0) is 51.0 Å². The van der Waals surface area contributed by atoms with Crippen molar-refractivity contribution < 1.29 is 14.3 Å². The Morgan fingerprint density at radius 2 is 2.08 bits per heavy atom. The third-order valence-electron chi connectivity index (χ3n) is 4.81. The highest BCUT2D eigenvalue weighted by Gasteiger charge is 2.23. The van der Waals surface area contributed by atoms with E-state index in [0.717, 1.165) is 30.0 Å². The highest BCUT2D eigenvalue weighted by atomic mass is 19.1. The lowest BCUT2D eigenvalue weighted by Crippen LogP contribution is -2.37. The van der Waals surface area contributed by atoms with E-state index in [9.17, 15) is 14.3 Å². The third kappa shape index (κ3) is 3.85. The fourth-order valence-electron chi connectivity index (χ4n) is 3.32. The number of aromatic amines is 1. The SMILES string of the molecule is Cc1[nH]ccc1C(=O)N[C@@H](C)c1cc(F)ccc1N1CCC(O)CC1. The lowest BCUT2D eigenvalue weighted by Gasteiger charge is -2.34. The molecule has 6 heteroatoms.